The van der Waals surface area contributed by atoms with E-state index < -0.39 is 6.10 Å². The Morgan fingerprint density at radius 1 is 0.280 bits per heavy atom. The lowest BCUT2D eigenvalue weighted by Crippen LogP contribution is -2.30. The van der Waals surface area contributed by atoms with E-state index in [0.717, 1.165) is 103 Å². The minimum atomic E-state index is -0.775. The maximum atomic E-state index is 12.9. The normalized spacial score (nSPS) is 12.5. The van der Waals surface area contributed by atoms with Gasteiger partial charge < -0.3 is 14.2 Å². The molecule has 0 aliphatic rings. The van der Waals surface area contributed by atoms with Gasteiger partial charge in [0.05, 0.1) is 0 Å². The van der Waals surface area contributed by atoms with Crippen LogP contribution in [-0.2, 0) is 28.6 Å². The predicted molar refractivity (Wildman–Crippen MR) is 325 cm³/mol. The summed E-state index contributed by atoms with van der Waals surface area (Å²) < 4.78 is 16.8. The molecule has 434 valence electrons. The number of esters is 3. The third-order valence-corrected chi connectivity index (χ3v) is 14.2. The Kier molecular flexibility index (Phi) is 60.7. The van der Waals surface area contributed by atoms with Crippen molar-refractivity contribution in [3.63, 3.8) is 0 Å². The van der Waals surface area contributed by atoms with E-state index >= 15 is 0 Å². The molecule has 0 spiro atoms. The Balaban J connectivity index is 4.13. The highest BCUT2D eigenvalue weighted by molar-refractivity contribution is 5.71. The summed E-state index contributed by atoms with van der Waals surface area (Å²) in [6.45, 7) is 6.52. The summed E-state index contributed by atoms with van der Waals surface area (Å²) in [5.41, 5.74) is 0. The number of carbonyl (C=O) groups excluding carboxylic acids is 3. The highest BCUT2D eigenvalue weighted by atomic mass is 16.6. The van der Waals surface area contributed by atoms with Gasteiger partial charge in [0.1, 0.15) is 13.2 Å². The molecule has 0 heterocycles. The van der Waals surface area contributed by atoms with Crippen LogP contribution in [-0.4, -0.2) is 37.2 Å². The Bertz CT molecular complexity index is 1390. The molecule has 0 amide bonds. The summed E-state index contributed by atoms with van der Waals surface area (Å²) in [4.78, 5) is 38.1. The Hall–Kier alpha value is -3.15. The number of carbonyl (C=O) groups is 3. The topological polar surface area (TPSA) is 78.9 Å². The molecule has 0 aromatic carbocycles. The molecular weight excluding hydrogens is 925 g/mol. The fraction of sp³-hybridized carbons (Fsp3) is 0.783. The molecule has 1 atom stereocenters. The highest BCUT2D eigenvalue weighted by Gasteiger charge is 2.19. The Morgan fingerprint density at radius 3 is 0.813 bits per heavy atom. The van der Waals surface area contributed by atoms with Gasteiger partial charge in [-0.3, -0.25) is 14.4 Å². The van der Waals surface area contributed by atoms with E-state index in [1.54, 1.807) is 0 Å². The van der Waals surface area contributed by atoms with Gasteiger partial charge in [0, 0.05) is 19.3 Å². The molecule has 1 unspecified atom stereocenters. The summed E-state index contributed by atoms with van der Waals surface area (Å²) >= 11 is 0. The molecular formula is C69H122O6. The summed E-state index contributed by atoms with van der Waals surface area (Å²) in [5, 5.41) is 0. The van der Waals surface area contributed by atoms with E-state index in [9.17, 15) is 14.4 Å². The lowest BCUT2D eigenvalue weighted by atomic mass is 10.0. The van der Waals surface area contributed by atoms with Crippen LogP contribution in [0.25, 0.3) is 0 Å². The molecule has 75 heavy (non-hydrogen) atoms. The van der Waals surface area contributed by atoms with E-state index in [1.165, 1.54) is 186 Å². The zero-order valence-corrected chi connectivity index (χ0v) is 49.8. The van der Waals surface area contributed by atoms with E-state index in [0.29, 0.717) is 19.3 Å². The summed E-state index contributed by atoms with van der Waals surface area (Å²) in [5.74, 6) is -0.873. The highest BCUT2D eigenvalue weighted by Crippen LogP contribution is 2.17. The van der Waals surface area contributed by atoms with Gasteiger partial charge in [-0.1, -0.05) is 312 Å². The number of rotatable bonds is 59. The quantitative estimate of drug-likeness (QED) is 0.0261. The summed E-state index contributed by atoms with van der Waals surface area (Å²) in [6, 6.07) is 0. The zero-order valence-electron chi connectivity index (χ0n) is 49.8. The van der Waals surface area contributed by atoms with Crippen molar-refractivity contribution in [1.29, 1.82) is 0 Å². The van der Waals surface area contributed by atoms with E-state index in [2.05, 4.69) is 93.7 Å². The van der Waals surface area contributed by atoms with Crippen molar-refractivity contribution in [3.8, 4) is 0 Å². The fourth-order valence-corrected chi connectivity index (χ4v) is 9.39. The van der Waals surface area contributed by atoms with Crippen molar-refractivity contribution in [2.45, 2.75) is 335 Å². The van der Waals surface area contributed by atoms with Gasteiger partial charge in [0.25, 0.3) is 0 Å². The van der Waals surface area contributed by atoms with Gasteiger partial charge >= 0.3 is 17.9 Å². The second-order valence-electron chi connectivity index (χ2n) is 21.7. The predicted octanol–water partition coefficient (Wildman–Crippen LogP) is 22.1. The minimum Gasteiger partial charge on any atom is -0.462 e. The molecule has 0 saturated heterocycles. The average molecular weight is 1050 g/mol. The van der Waals surface area contributed by atoms with E-state index in [4.69, 9.17) is 14.2 Å². The third kappa shape index (κ3) is 61.6. The van der Waals surface area contributed by atoms with Crippen LogP contribution >= 0.6 is 0 Å². The van der Waals surface area contributed by atoms with Crippen LogP contribution in [0.2, 0.25) is 0 Å². The Morgan fingerprint density at radius 2 is 0.520 bits per heavy atom. The van der Waals surface area contributed by atoms with Crippen molar-refractivity contribution >= 4 is 17.9 Å². The third-order valence-electron chi connectivity index (χ3n) is 14.2. The van der Waals surface area contributed by atoms with Crippen LogP contribution in [0.15, 0.2) is 72.9 Å². The molecule has 0 saturated carbocycles. The molecule has 0 aliphatic heterocycles. The van der Waals surface area contributed by atoms with Gasteiger partial charge in [0.15, 0.2) is 6.10 Å². The largest absolute Gasteiger partial charge is 0.462 e. The molecule has 0 radical (unpaired) electrons. The van der Waals surface area contributed by atoms with Crippen molar-refractivity contribution in [2.75, 3.05) is 13.2 Å². The molecule has 6 heteroatoms. The molecule has 6 nitrogen and oxygen atoms in total. The maximum Gasteiger partial charge on any atom is 0.306 e. The van der Waals surface area contributed by atoms with Crippen LogP contribution in [0.1, 0.15) is 329 Å². The molecule has 0 bridgehead atoms. The maximum absolute atomic E-state index is 12.9. The molecule has 0 N–H and O–H groups in total. The first kappa shape index (κ1) is 71.8. The van der Waals surface area contributed by atoms with E-state index in [-0.39, 0.29) is 31.1 Å². The monoisotopic (exact) mass is 1050 g/mol. The van der Waals surface area contributed by atoms with Crippen LogP contribution in [0.4, 0.5) is 0 Å². The van der Waals surface area contributed by atoms with Crippen LogP contribution in [0.3, 0.4) is 0 Å². The fourth-order valence-electron chi connectivity index (χ4n) is 9.39. The Labute approximate surface area is 465 Å². The van der Waals surface area contributed by atoms with Crippen LogP contribution < -0.4 is 0 Å². The lowest BCUT2D eigenvalue weighted by molar-refractivity contribution is -0.167. The molecule has 0 fully saturated rings. The van der Waals surface area contributed by atoms with Crippen molar-refractivity contribution in [1.82, 2.24) is 0 Å². The average Bonchev–Trinajstić information content (AvgIpc) is 3.41. The molecule has 0 rings (SSSR count). The minimum absolute atomic E-state index is 0.0743. The van der Waals surface area contributed by atoms with Crippen molar-refractivity contribution < 1.29 is 28.6 Å². The zero-order chi connectivity index (χ0) is 54.3. The SMILES string of the molecule is CC/C=C\C/C=C\C/C=C\C/C=C\C/C=C\C/C=C\CCCCCCCCCCC(=O)OCC(COC(=O)CCCCCCCCC)OC(=O)CCCCCCCCCCCCCCCCCCCCCCCCC. The van der Waals surface area contributed by atoms with Crippen molar-refractivity contribution in [2.24, 2.45) is 0 Å². The second-order valence-corrected chi connectivity index (χ2v) is 21.7. The number of ether oxygens (including phenoxy) is 3. The number of allylic oxidation sites excluding steroid dienone is 12. The summed E-state index contributed by atoms with van der Waals surface area (Å²) in [7, 11) is 0. The second kappa shape index (κ2) is 63.4. The first-order valence-corrected chi connectivity index (χ1v) is 32.4. The van der Waals surface area contributed by atoms with Crippen LogP contribution in [0, 0.1) is 0 Å². The molecule has 0 aliphatic carbocycles. The number of hydrogen-bond acceptors (Lipinski definition) is 6. The van der Waals surface area contributed by atoms with Gasteiger partial charge in [-0.05, 0) is 70.6 Å². The van der Waals surface area contributed by atoms with Gasteiger partial charge in [0.2, 0.25) is 0 Å². The van der Waals surface area contributed by atoms with E-state index in [1.807, 2.05) is 0 Å². The summed E-state index contributed by atoms with van der Waals surface area (Å²) in [6.07, 6.45) is 82.2. The first-order chi connectivity index (χ1) is 37.0. The first-order valence-electron chi connectivity index (χ1n) is 32.4. The van der Waals surface area contributed by atoms with Gasteiger partial charge in [-0.15, -0.1) is 0 Å². The molecule has 0 aromatic rings. The standard InChI is InChI=1S/C69H122O6/c1-4-7-10-13-16-18-20-22-24-26-28-30-32-33-34-35-37-38-40-42-44-46-48-50-53-56-59-62-68(71)74-65-66(64-73-67(70)61-58-55-52-15-12-9-6-3)75-69(72)63-60-57-54-51-49-47-45-43-41-39-36-31-29-27-25-23-21-19-17-14-11-8-5-2/h7,10,16,18,22,24,28,30,33-34,37-38,66H,4-6,8-9,11-15,17,19-21,23,25-27,29,31-32,35-36,39-65H2,1-3H3/b10-7-,18-16-,24-22-,30-28-,34-33-,38-37-. The van der Waals surface area contributed by atoms with Crippen LogP contribution in [0.5, 0.6) is 0 Å². The van der Waals surface area contributed by atoms with Gasteiger partial charge in [-0.2, -0.15) is 0 Å². The van der Waals surface area contributed by atoms with Crippen molar-refractivity contribution in [3.05, 3.63) is 72.9 Å². The smallest absolute Gasteiger partial charge is 0.306 e. The number of unbranched alkanes of at least 4 members (excludes halogenated alkanes) is 36. The lowest BCUT2D eigenvalue weighted by Gasteiger charge is -2.18. The molecule has 0 aromatic heterocycles. The van der Waals surface area contributed by atoms with Gasteiger partial charge in [-0.25, -0.2) is 0 Å². The number of hydrogen-bond donors (Lipinski definition) is 0.